The number of esters is 1. The number of ketones is 1. The van der Waals surface area contributed by atoms with E-state index in [0.29, 0.717) is 0 Å². The number of ether oxygens (including phenoxy) is 1. The van der Waals surface area contributed by atoms with E-state index in [1.165, 1.54) is 68.0 Å². The van der Waals surface area contributed by atoms with Gasteiger partial charge in [-0.2, -0.15) is 0 Å². The maximum Gasteiger partial charge on any atom is 0.337 e. The zero-order valence-electron chi connectivity index (χ0n) is 17.1. The van der Waals surface area contributed by atoms with Crippen molar-refractivity contribution in [1.82, 2.24) is 0 Å². The van der Waals surface area contributed by atoms with E-state index in [-0.39, 0.29) is 33.8 Å². The van der Waals surface area contributed by atoms with E-state index in [1.54, 1.807) is 6.07 Å². The van der Waals surface area contributed by atoms with Crippen LogP contribution >= 0.6 is 0 Å². The van der Waals surface area contributed by atoms with Gasteiger partial charge in [0.05, 0.1) is 29.4 Å². The predicted octanol–water partition coefficient (Wildman–Crippen LogP) is 3.60. The van der Waals surface area contributed by atoms with Crippen LogP contribution in [0.1, 0.15) is 27.7 Å². The summed E-state index contributed by atoms with van der Waals surface area (Å²) in [4.78, 5) is 49.4. The molecule has 1 aliphatic heterocycles. The molecule has 1 aliphatic rings. The molecule has 33 heavy (non-hydrogen) atoms. The molecule has 1 N–H and O–H groups in total. The number of nitrogens with zero attached hydrogens (tertiary/aromatic N) is 2. The number of Topliss-reactive ketones (excluding diaryl/α,β-unsaturated/α-hetero) is 1. The van der Waals surface area contributed by atoms with Crippen LogP contribution in [0.2, 0.25) is 0 Å². The van der Waals surface area contributed by atoms with Gasteiger partial charge in [-0.3, -0.25) is 24.6 Å². The van der Waals surface area contributed by atoms with Crippen molar-refractivity contribution < 1.29 is 33.6 Å². The Morgan fingerprint density at radius 2 is 1.82 bits per heavy atom. The molecule has 1 aromatic heterocycles. The van der Waals surface area contributed by atoms with Crippen molar-refractivity contribution >= 4 is 34.8 Å². The minimum absolute atomic E-state index is 0.110. The van der Waals surface area contributed by atoms with E-state index in [9.17, 15) is 29.6 Å². The zero-order chi connectivity index (χ0) is 23.7. The number of carbonyl (C=O) groups excluding carboxylic acids is 3. The van der Waals surface area contributed by atoms with Gasteiger partial charge in [0.2, 0.25) is 0 Å². The molecule has 0 radical (unpaired) electrons. The van der Waals surface area contributed by atoms with Crippen molar-refractivity contribution in [1.29, 1.82) is 0 Å². The van der Waals surface area contributed by atoms with E-state index < -0.39 is 34.4 Å². The lowest BCUT2D eigenvalue weighted by Crippen LogP contribution is -2.29. The summed E-state index contributed by atoms with van der Waals surface area (Å²) < 4.78 is 10.2. The Balaban J connectivity index is 1.87. The lowest BCUT2D eigenvalue weighted by atomic mass is 9.99. The minimum atomic E-state index is -1.14. The molecular formula is C23H16N2O8. The van der Waals surface area contributed by atoms with Crippen LogP contribution in [0.25, 0.3) is 5.76 Å². The van der Waals surface area contributed by atoms with Gasteiger partial charge in [0.25, 0.3) is 17.4 Å². The van der Waals surface area contributed by atoms with Crippen molar-refractivity contribution in [3.63, 3.8) is 0 Å². The van der Waals surface area contributed by atoms with Gasteiger partial charge in [-0.25, -0.2) is 4.79 Å². The molecule has 1 fully saturated rings. The lowest BCUT2D eigenvalue weighted by Gasteiger charge is -2.23. The fraction of sp³-hybridized carbons (Fsp3) is 0.0870. The van der Waals surface area contributed by atoms with Crippen LogP contribution in [0, 0.1) is 10.1 Å². The first-order chi connectivity index (χ1) is 15.8. The number of nitro benzene ring substituents is 1. The summed E-state index contributed by atoms with van der Waals surface area (Å²) in [5, 5.41) is 21.9. The first kappa shape index (κ1) is 21.5. The number of nitro groups is 1. The molecular weight excluding hydrogens is 432 g/mol. The van der Waals surface area contributed by atoms with Gasteiger partial charge >= 0.3 is 5.97 Å². The largest absolute Gasteiger partial charge is 0.507 e. The molecule has 2 heterocycles. The Hall–Kier alpha value is -4.73. The van der Waals surface area contributed by atoms with Crippen LogP contribution in [0.3, 0.4) is 0 Å². The molecule has 166 valence electrons. The van der Waals surface area contributed by atoms with E-state index in [2.05, 4.69) is 0 Å². The number of benzene rings is 2. The average Bonchev–Trinajstić information content (AvgIpc) is 3.45. The SMILES string of the molecule is COC(=O)c1cccc(N2C(=O)C(=O)/C(=C(\O)c3ccc([N+](=O)[O-])cc3)C2c2ccco2)c1. The number of amides is 1. The van der Waals surface area contributed by atoms with Gasteiger partial charge in [0, 0.05) is 23.4 Å². The van der Waals surface area contributed by atoms with Crippen molar-refractivity contribution in [2.75, 3.05) is 12.0 Å². The Kier molecular flexibility index (Phi) is 5.49. The van der Waals surface area contributed by atoms with Crippen LogP contribution < -0.4 is 4.90 Å². The summed E-state index contributed by atoms with van der Waals surface area (Å²) in [6.45, 7) is 0. The third kappa shape index (κ3) is 3.74. The fourth-order valence-electron chi connectivity index (χ4n) is 3.61. The lowest BCUT2D eigenvalue weighted by molar-refractivity contribution is -0.384. The molecule has 10 nitrogen and oxygen atoms in total. The first-order valence-electron chi connectivity index (χ1n) is 9.61. The van der Waals surface area contributed by atoms with Crippen molar-refractivity contribution in [2.45, 2.75) is 6.04 Å². The summed E-state index contributed by atoms with van der Waals surface area (Å²) in [7, 11) is 1.22. The molecule has 3 aromatic rings. The molecule has 1 atom stereocenters. The fourth-order valence-corrected chi connectivity index (χ4v) is 3.61. The molecule has 2 aromatic carbocycles. The summed E-state index contributed by atoms with van der Waals surface area (Å²) in [5.74, 6) is -2.87. The second-order valence-corrected chi connectivity index (χ2v) is 7.03. The van der Waals surface area contributed by atoms with Gasteiger partial charge < -0.3 is 14.3 Å². The van der Waals surface area contributed by atoms with E-state index in [4.69, 9.17) is 9.15 Å². The number of furan rings is 1. The number of carbonyl (C=O) groups is 3. The summed E-state index contributed by atoms with van der Waals surface area (Å²) in [6.07, 6.45) is 1.35. The molecule has 0 aliphatic carbocycles. The summed E-state index contributed by atoms with van der Waals surface area (Å²) >= 11 is 0. The van der Waals surface area contributed by atoms with Crippen LogP contribution in [-0.4, -0.2) is 34.8 Å². The van der Waals surface area contributed by atoms with E-state index in [0.717, 1.165) is 4.90 Å². The van der Waals surface area contributed by atoms with Crippen molar-refractivity contribution in [3.05, 3.63) is 99.5 Å². The molecule has 4 rings (SSSR count). The quantitative estimate of drug-likeness (QED) is 0.156. The third-order valence-corrected chi connectivity index (χ3v) is 5.15. The highest BCUT2D eigenvalue weighted by Gasteiger charge is 2.48. The summed E-state index contributed by atoms with van der Waals surface area (Å²) in [6, 6.07) is 12.8. The standard InChI is InChI=1S/C23H16N2O8/c1-32-23(29)14-4-2-5-16(12-14)24-19(17-6-3-11-33-17)18(21(27)22(24)28)20(26)13-7-9-15(10-8-13)25(30)31/h2-12,19,26H,1H3/b20-18-. The smallest absolute Gasteiger partial charge is 0.337 e. The Labute approximate surface area is 186 Å². The third-order valence-electron chi connectivity index (χ3n) is 5.15. The van der Waals surface area contributed by atoms with Gasteiger partial charge in [-0.15, -0.1) is 0 Å². The van der Waals surface area contributed by atoms with E-state index >= 15 is 0 Å². The van der Waals surface area contributed by atoms with Crippen LogP contribution in [0.5, 0.6) is 0 Å². The van der Waals surface area contributed by atoms with Crippen molar-refractivity contribution in [3.8, 4) is 0 Å². The number of aliphatic hydroxyl groups excluding tert-OH is 1. The van der Waals surface area contributed by atoms with Crippen molar-refractivity contribution in [2.24, 2.45) is 0 Å². The van der Waals surface area contributed by atoms with Gasteiger partial charge in [-0.05, 0) is 42.5 Å². The Bertz CT molecular complexity index is 1290. The maximum atomic E-state index is 13.0. The zero-order valence-corrected chi connectivity index (χ0v) is 17.1. The number of rotatable bonds is 5. The molecule has 1 unspecified atom stereocenters. The maximum absolute atomic E-state index is 13.0. The molecule has 0 spiro atoms. The molecule has 10 heteroatoms. The van der Waals surface area contributed by atoms with Gasteiger partial charge in [0.15, 0.2) is 0 Å². The van der Waals surface area contributed by atoms with Crippen LogP contribution in [0.15, 0.2) is 76.9 Å². The highest BCUT2D eigenvalue weighted by Crippen LogP contribution is 2.42. The second-order valence-electron chi connectivity index (χ2n) is 7.03. The van der Waals surface area contributed by atoms with Crippen LogP contribution in [0.4, 0.5) is 11.4 Å². The number of hydrogen-bond acceptors (Lipinski definition) is 8. The molecule has 1 saturated heterocycles. The monoisotopic (exact) mass is 448 g/mol. The number of hydrogen-bond donors (Lipinski definition) is 1. The normalized spacial score (nSPS) is 17.2. The van der Waals surface area contributed by atoms with Gasteiger partial charge in [-0.1, -0.05) is 6.07 Å². The summed E-state index contributed by atoms with van der Waals surface area (Å²) in [5.41, 5.74) is 0.0227. The second kappa shape index (κ2) is 8.42. The number of anilines is 1. The number of non-ortho nitro benzene ring substituents is 1. The predicted molar refractivity (Wildman–Crippen MR) is 114 cm³/mol. The molecule has 0 saturated carbocycles. The Morgan fingerprint density at radius 3 is 2.42 bits per heavy atom. The van der Waals surface area contributed by atoms with Gasteiger partial charge in [0.1, 0.15) is 17.6 Å². The molecule has 1 amide bonds. The molecule has 0 bridgehead atoms. The average molecular weight is 448 g/mol. The first-order valence-corrected chi connectivity index (χ1v) is 9.61. The number of aliphatic hydroxyl groups is 1. The number of methoxy groups -OCH3 is 1. The highest BCUT2D eigenvalue weighted by atomic mass is 16.6. The van der Waals surface area contributed by atoms with Crippen LogP contribution in [-0.2, 0) is 14.3 Å². The van der Waals surface area contributed by atoms with E-state index in [1.807, 2.05) is 0 Å². The Morgan fingerprint density at radius 1 is 1.09 bits per heavy atom. The minimum Gasteiger partial charge on any atom is -0.507 e. The topological polar surface area (TPSA) is 140 Å². The highest BCUT2D eigenvalue weighted by molar-refractivity contribution is 6.51.